The van der Waals surface area contributed by atoms with Gasteiger partial charge < -0.3 is 16.0 Å². The summed E-state index contributed by atoms with van der Waals surface area (Å²) in [4.78, 5) is 6.73. The van der Waals surface area contributed by atoms with Crippen LogP contribution in [0.1, 0.15) is 17.0 Å². The van der Waals surface area contributed by atoms with Crippen LogP contribution in [0.5, 0.6) is 0 Å². The molecule has 0 aliphatic heterocycles. The van der Waals surface area contributed by atoms with Crippen LogP contribution in [0.25, 0.3) is 0 Å². The molecule has 8 nitrogen and oxygen atoms in total. The average molecular weight is 388 g/mol. The predicted molar refractivity (Wildman–Crippen MR) is 89.6 cm³/mol. The fourth-order valence-corrected chi connectivity index (χ4v) is 2.56. The molecule has 2 rings (SSSR count). The first-order valence-corrected chi connectivity index (χ1v) is 8.64. The Hall–Kier alpha value is -2.73. The summed E-state index contributed by atoms with van der Waals surface area (Å²) in [5.41, 5.74) is 0.633. The van der Waals surface area contributed by atoms with Gasteiger partial charge in [0.05, 0.1) is 10.5 Å². The van der Waals surface area contributed by atoms with E-state index in [1.807, 2.05) is 0 Å². The second kappa shape index (κ2) is 7.25. The highest BCUT2D eigenvalue weighted by Crippen LogP contribution is 2.30. The van der Waals surface area contributed by atoms with Gasteiger partial charge >= 0.3 is 6.18 Å². The van der Waals surface area contributed by atoms with Gasteiger partial charge in [-0.15, -0.1) is 0 Å². The van der Waals surface area contributed by atoms with E-state index in [1.54, 1.807) is 0 Å². The quantitative estimate of drug-likeness (QED) is 0.558. The Morgan fingerprint density at radius 2 is 1.77 bits per heavy atom. The van der Waals surface area contributed by atoms with Crippen molar-refractivity contribution < 1.29 is 21.6 Å². The maximum absolute atomic E-state index is 12.9. The van der Waals surface area contributed by atoms with E-state index >= 15 is 0 Å². The molecule has 1 heterocycles. The summed E-state index contributed by atoms with van der Waals surface area (Å²) in [6, 6.07) is 5.48. The Bertz CT molecular complexity index is 914. The van der Waals surface area contributed by atoms with Gasteiger partial charge in [0.25, 0.3) is 0 Å². The zero-order valence-electron chi connectivity index (χ0n) is 13.4. The van der Waals surface area contributed by atoms with E-state index in [9.17, 15) is 21.6 Å². The van der Waals surface area contributed by atoms with E-state index in [0.29, 0.717) is 5.56 Å². The maximum Gasteiger partial charge on any atom is 0.451 e. The Morgan fingerprint density at radius 3 is 2.23 bits per heavy atom. The highest BCUT2D eigenvalue weighted by molar-refractivity contribution is 7.89. The van der Waals surface area contributed by atoms with Crippen LogP contribution in [0.4, 0.5) is 24.8 Å². The molecule has 0 saturated heterocycles. The molecular formula is C14H15F3N6O2S. The van der Waals surface area contributed by atoms with Gasteiger partial charge in [-0.1, -0.05) is 12.1 Å². The summed E-state index contributed by atoms with van der Waals surface area (Å²) < 4.78 is 61.2. The fraction of sp³-hybridized carbons (Fsp3) is 0.214. The summed E-state index contributed by atoms with van der Waals surface area (Å²) in [5, 5.41) is 17.6. The van der Waals surface area contributed by atoms with Crippen molar-refractivity contribution in [3.63, 3.8) is 0 Å². The van der Waals surface area contributed by atoms with Gasteiger partial charge in [-0.05, 0) is 17.7 Å². The van der Waals surface area contributed by atoms with E-state index in [4.69, 9.17) is 10.5 Å². The standard InChI is InChI=1S/C14H15F3N6O2S/c1-20-11-10(6-18)12(23-13(22-11)14(15,16)17)21-7-8-2-4-9(5-3-8)26(19,24)25/h2-6,18H,7H2,1H3,(H2,19,24,25)(H2,20,21,22,23). The Morgan fingerprint density at radius 1 is 1.19 bits per heavy atom. The second-order valence-electron chi connectivity index (χ2n) is 5.09. The molecular weight excluding hydrogens is 373 g/mol. The molecule has 12 heteroatoms. The molecule has 0 bridgehead atoms. The SMILES string of the molecule is CNc1nc(C(F)(F)F)nc(NCc2ccc(S(N)(=O)=O)cc2)c1C=N. The molecule has 140 valence electrons. The van der Waals surface area contributed by atoms with Gasteiger partial charge in [0, 0.05) is 19.8 Å². The summed E-state index contributed by atoms with van der Waals surface area (Å²) in [5.74, 6) is -1.67. The van der Waals surface area contributed by atoms with Crippen LogP contribution < -0.4 is 15.8 Å². The minimum atomic E-state index is -4.75. The topological polar surface area (TPSA) is 134 Å². The number of aromatic nitrogens is 2. The lowest BCUT2D eigenvalue weighted by molar-refractivity contribution is -0.144. The zero-order valence-corrected chi connectivity index (χ0v) is 14.2. The Labute approximate surface area is 147 Å². The van der Waals surface area contributed by atoms with Crippen molar-refractivity contribution in [3.05, 3.63) is 41.2 Å². The zero-order chi connectivity index (χ0) is 19.5. The number of nitrogens with two attached hydrogens (primary N) is 1. The van der Waals surface area contributed by atoms with Crippen molar-refractivity contribution in [1.29, 1.82) is 5.41 Å². The number of benzene rings is 1. The van der Waals surface area contributed by atoms with Crippen LogP contribution in [-0.2, 0) is 22.7 Å². The highest BCUT2D eigenvalue weighted by Gasteiger charge is 2.36. The molecule has 0 amide bonds. The lowest BCUT2D eigenvalue weighted by atomic mass is 10.2. The van der Waals surface area contributed by atoms with Crippen LogP contribution in [0, 0.1) is 5.41 Å². The van der Waals surface area contributed by atoms with Crippen LogP contribution in [0.3, 0.4) is 0 Å². The van der Waals surface area contributed by atoms with Crippen molar-refractivity contribution in [2.45, 2.75) is 17.6 Å². The first-order chi connectivity index (χ1) is 12.1. The van der Waals surface area contributed by atoms with Gasteiger partial charge in [-0.25, -0.2) is 23.5 Å². The number of anilines is 2. The lowest BCUT2D eigenvalue weighted by Crippen LogP contribution is -2.17. The van der Waals surface area contributed by atoms with Crippen molar-refractivity contribution in [3.8, 4) is 0 Å². The number of hydrogen-bond acceptors (Lipinski definition) is 7. The summed E-state index contributed by atoms with van der Waals surface area (Å²) in [6.07, 6.45) is -3.92. The molecule has 0 saturated carbocycles. The van der Waals surface area contributed by atoms with Crippen LogP contribution in [0.2, 0.25) is 0 Å². The van der Waals surface area contributed by atoms with Gasteiger partial charge in [-0.3, -0.25) is 0 Å². The molecule has 1 aromatic heterocycles. The first-order valence-electron chi connectivity index (χ1n) is 7.09. The Kier molecular flexibility index (Phi) is 5.47. The first kappa shape index (κ1) is 19.6. The molecule has 2 aromatic rings. The highest BCUT2D eigenvalue weighted by atomic mass is 32.2. The van der Waals surface area contributed by atoms with Crippen LogP contribution in [-0.4, -0.2) is 31.6 Å². The van der Waals surface area contributed by atoms with Crippen molar-refractivity contribution in [1.82, 2.24) is 9.97 Å². The summed E-state index contributed by atoms with van der Waals surface area (Å²) >= 11 is 0. The Balaban J connectivity index is 2.32. The third kappa shape index (κ3) is 4.46. The average Bonchev–Trinajstić information content (AvgIpc) is 2.57. The molecule has 1 aromatic carbocycles. The smallest absolute Gasteiger partial charge is 0.372 e. The number of halogens is 3. The van der Waals surface area contributed by atoms with Crippen molar-refractivity contribution >= 4 is 27.9 Å². The lowest BCUT2D eigenvalue weighted by Gasteiger charge is -2.15. The maximum atomic E-state index is 12.9. The van der Waals surface area contributed by atoms with Gasteiger partial charge in [0.2, 0.25) is 15.8 Å². The van der Waals surface area contributed by atoms with E-state index in [0.717, 1.165) is 6.21 Å². The number of nitrogens with zero attached hydrogens (tertiary/aromatic N) is 2. The third-order valence-electron chi connectivity index (χ3n) is 3.29. The number of hydrogen-bond donors (Lipinski definition) is 4. The molecule has 0 atom stereocenters. The number of sulfonamides is 1. The van der Waals surface area contributed by atoms with E-state index in [-0.39, 0.29) is 28.6 Å². The molecule has 0 aliphatic rings. The molecule has 0 spiro atoms. The van der Waals surface area contributed by atoms with Gasteiger partial charge in [0.1, 0.15) is 11.6 Å². The molecule has 0 fully saturated rings. The van der Waals surface area contributed by atoms with Crippen molar-refractivity contribution in [2.24, 2.45) is 5.14 Å². The number of rotatable bonds is 6. The summed E-state index contributed by atoms with van der Waals surface area (Å²) in [7, 11) is -2.45. The molecule has 0 aliphatic carbocycles. The largest absolute Gasteiger partial charge is 0.451 e. The molecule has 26 heavy (non-hydrogen) atoms. The number of alkyl halides is 3. The molecule has 0 radical (unpaired) electrons. The summed E-state index contributed by atoms with van der Waals surface area (Å²) in [6.45, 7) is 0.0448. The number of nitrogens with one attached hydrogen (secondary N) is 3. The third-order valence-corrected chi connectivity index (χ3v) is 4.22. The van der Waals surface area contributed by atoms with Gasteiger partial charge in [-0.2, -0.15) is 13.2 Å². The molecule has 5 N–H and O–H groups in total. The molecule has 0 unspecified atom stereocenters. The van der Waals surface area contributed by atoms with Gasteiger partial charge in [0.15, 0.2) is 0 Å². The minimum absolute atomic E-state index is 0.0448. The van der Waals surface area contributed by atoms with E-state index < -0.39 is 22.0 Å². The van der Waals surface area contributed by atoms with Crippen LogP contribution >= 0.6 is 0 Å². The second-order valence-corrected chi connectivity index (χ2v) is 6.65. The predicted octanol–water partition coefficient (Wildman–Crippen LogP) is 1.79. The number of primary sulfonamides is 1. The van der Waals surface area contributed by atoms with Crippen LogP contribution in [0.15, 0.2) is 29.2 Å². The minimum Gasteiger partial charge on any atom is -0.372 e. The van der Waals surface area contributed by atoms with E-state index in [2.05, 4.69) is 20.6 Å². The monoisotopic (exact) mass is 388 g/mol. The van der Waals surface area contributed by atoms with Crippen molar-refractivity contribution in [2.75, 3.05) is 17.7 Å². The van der Waals surface area contributed by atoms with E-state index in [1.165, 1.54) is 31.3 Å². The fourth-order valence-electron chi connectivity index (χ4n) is 2.04. The normalized spacial score (nSPS) is 11.9.